The molecule has 4 aromatic rings. The first kappa shape index (κ1) is 29.7. The predicted molar refractivity (Wildman–Crippen MR) is 155 cm³/mol. The van der Waals surface area contributed by atoms with Crippen LogP contribution in [0.1, 0.15) is 33.7 Å². The molecule has 0 fully saturated rings. The Kier molecular flexibility index (Phi) is 9.70. The summed E-state index contributed by atoms with van der Waals surface area (Å²) in [6, 6.07) is 26.3. The zero-order valence-corrected chi connectivity index (χ0v) is 22.9. The van der Waals surface area contributed by atoms with Crippen LogP contribution in [0, 0.1) is 11.6 Å². The van der Waals surface area contributed by atoms with Gasteiger partial charge in [0.15, 0.2) is 11.6 Å². The molecule has 4 N–H and O–H groups in total. The third-order valence-electron chi connectivity index (χ3n) is 7.05. The summed E-state index contributed by atoms with van der Waals surface area (Å²) < 4.78 is 32.1. The molecule has 212 valence electrons. The van der Waals surface area contributed by atoms with E-state index in [2.05, 4.69) is 34.9 Å². The normalized spacial score (nSPS) is 12.5. The molecule has 0 bridgehead atoms. The molecule has 2 amide bonds. The maximum atomic E-state index is 13.4. The van der Waals surface area contributed by atoms with E-state index in [9.17, 15) is 18.4 Å². The number of fused-ring (bicyclic) bond motifs is 3. The Morgan fingerprint density at radius 1 is 0.756 bits per heavy atom. The fourth-order valence-corrected chi connectivity index (χ4v) is 4.93. The summed E-state index contributed by atoms with van der Waals surface area (Å²) in [6.45, 7) is 0.795. The Balaban J connectivity index is 0.00000387. The van der Waals surface area contributed by atoms with Gasteiger partial charge in [0, 0.05) is 19.0 Å². The molecule has 6 nitrogen and oxygen atoms in total. The van der Waals surface area contributed by atoms with E-state index in [-0.39, 0.29) is 37.9 Å². The molecule has 0 radical (unpaired) electrons. The fourth-order valence-electron chi connectivity index (χ4n) is 4.93. The largest absolute Gasteiger partial charge is 0.449 e. The highest BCUT2D eigenvalue weighted by atomic mass is 35.5. The summed E-state index contributed by atoms with van der Waals surface area (Å²) in [6.07, 6.45) is -0.406. The van der Waals surface area contributed by atoms with Crippen LogP contribution in [0.2, 0.25) is 0 Å². The molecule has 0 heterocycles. The maximum Gasteiger partial charge on any atom is 0.407 e. The van der Waals surface area contributed by atoms with Gasteiger partial charge < -0.3 is 21.1 Å². The smallest absolute Gasteiger partial charge is 0.407 e. The van der Waals surface area contributed by atoms with Crippen LogP contribution in [-0.2, 0) is 29.0 Å². The molecule has 1 atom stereocenters. The molecule has 41 heavy (non-hydrogen) atoms. The van der Waals surface area contributed by atoms with Gasteiger partial charge in [-0.05, 0) is 57.5 Å². The van der Waals surface area contributed by atoms with E-state index in [1.165, 1.54) is 17.2 Å². The Labute approximate surface area is 243 Å². The Morgan fingerprint density at radius 2 is 1.29 bits per heavy atom. The van der Waals surface area contributed by atoms with Crippen molar-refractivity contribution in [3.8, 4) is 11.1 Å². The van der Waals surface area contributed by atoms with Crippen molar-refractivity contribution in [2.24, 2.45) is 5.73 Å². The minimum Gasteiger partial charge on any atom is -0.449 e. The first-order valence-corrected chi connectivity index (χ1v) is 13.0. The number of hydrogen-bond donors (Lipinski definition) is 3. The average molecular weight is 578 g/mol. The average Bonchev–Trinajstić information content (AvgIpc) is 3.29. The molecular weight excluding hydrogens is 548 g/mol. The van der Waals surface area contributed by atoms with Crippen molar-refractivity contribution in [3.63, 3.8) is 0 Å². The third-order valence-corrected chi connectivity index (χ3v) is 7.05. The molecule has 0 spiro atoms. The second-order valence-electron chi connectivity index (χ2n) is 9.77. The van der Waals surface area contributed by atoms with E-state index >= 15 is 0 Å². The monoisotopic (exact) mass is 577 g/mol. The Morgan fingerprint density at radius 3 is 1.88 bits per heavy atom. The Hall–Kier alpha value is -4.27. The van der Waals surface area contributed by atoms with E-state index in [4.69, 9.17) is 10.5 Å². The number of benzene rings is 4. The SMILES string of the molecule is Cl.NC(Cc1ccc(F)c(F)c1)C(=O)NCc1ccc(CNC(=O)OCC2c3ccccc3-c3ccccc32)cc1. The maximum absolute atomic E-state index is 13.4. The molecule has 1 aliphatic carbocycles. The van der Waals surface area contributed by atoms with Gasteiger partial charge in [0.1, 0.15) is 6.61 Å². The number of rotatable bonds is 9. The van der Waals surface area contributed by atoms with Gasteiger partial charge in [0.25, 0.3) is 0 Å². The molecule has 5 rings (SSSR count). The second-order valence-corrected chi connectivity index (χ2v) is 9.77. The first-order chi connectivity index (χ1) is 19.4. The van der Waals surface area contributed by atoms with Crippen molar-refractivity contribution in [1.82, 2.24) is 10.6 Å². The number of hydrogen-bond acceptors (Lipinski definition) is 4. The van der Waals surface area contributed by atoms with E-state index in [1.807, 2.05) is 48.5 Å². The minimum atomic E-state index is -0.974. The van der Waals surface area contributed by atoms with Gasteiger partial charge in [-0.25, -0.2) is 13.6 Å². The lowest BCUT2D eigenvalue weighted by Crippen LogP contribution is -2.41. The standard InChI is InChI=1S/C32H29F2N3O3.ClH/c33-28-14-13-22(15-29(28)34)16-30(35)31(38)36-17-20-9-11-21(12-10-20)18-37-32(39)40-19-27-25-7-3-1-5-23(25)24-6-2-4-8-26(24)27;/h1-15,27,30H,16-19,35H2,(H,36,38)(H,37,39);1H. The molecule has 4 aromatic carbocycles. The number of carbonyl (C=O) groups is 2. The zero-order valence-electron chi connectivity index (χ0n) is 22.1. The number of nitrogens with one attached hydrogen (secondary N) is 2. The number of amides is 2. The number of ether oxygens (including phenoxy) is 1. The van der Waals surface area contributed by atoms with Gasteiger partial charge in [-0.15, -0.1) is 12.4 Å². The van der Waals surface area contributed by atoms with Crippen molar-refractivity contribution in [2.45, 2.75) is 31.5 Å². The van der Waals surface area contributed by atoms with Gasteiger partial charge in [0.05, 0.1) is 6.04 Å². The van der Waals surface area contributed by atoms with Crippen molar-refractivity contribution >= 4 is 24.4 Å². The van der Waals surface area contributed by atoms with Crippen molar-refractivity contribution in [2.75, 3.05) is 6.61 Å². The van der Waals surface area contributed by atoms with Crippen LogP contribution in [-0.4, -0.2) is 24.6 Å². The molecule has 0 aliphatic heterocycles. The predicted octanol–water partition coefficient (Wildman–Crippen LogP) is 5.61. The van der Waals surface area contributed by atoms with E-state index in [1.54, 1.807) is 0 Å². The van der Waals surface area contributed by atoms with Crippen LogP contribution < -0.4 is 16.4 Å². The van der Waals surface area contributed by atoms with Gasteiger partial charge in [-0.3, -0.25) is 4.79 Å². The van der Waals surface area contributed by atoms with Crippen LogP contribution in [0.25, 0.3) is 11.1 Å². The summed E-state index contributed by atoms with van der Waals surface area (Å²) in [7, 11) is 0. The highest BCUT2D eigenvalue weighted by molar-refractivity contribution is 5.85. The van der Waals surface area contributed by atoms with Crippen molar-refractivity contribution in [1.29, 1.82) is 0 Å². The van der Waals surface area contributed by atoms with E-state index in [0.717, 1.165) is 34.4 Å². The lowest BCUT2D eigenvalue weighted by atomic mass is 9.98. The highest BCUT2D eigenvalue weighted by Gasteiger charge is 2.29. The summed E-state index contributed by atoms with van der Waals surface area (Å²) in [4.78, 5) is 24.8. The quantitative estimate of drug-likeness (QED) is 0.241. The van der Waals surface area contributed by atoms with Crippen LogP contribution in [0.3, 0.4) is 0 Å². The van der Waals surface area contributed by atoms with E-state index < -0.39 is 29.7 Å². The fraction of sp³-hybridized carbons (Fsp3) is 0.188. The molecule has 9 heteroatoms. The minimum absolute atomic E-state index is 0. The summed E-state index contributed by atoms with van der Waals surface area (Å²) >= 11 is 0. The van der Waals surface area contributed by atoms with E-state index in [0.29, 0.717) is 12.1 Å². The number of carbonyl (C=O) groups excluding carboxylic acids is 2. The van der Waals surface area contributed by atoms with Crippen LogP contribution >= 0.6 is 12.4 Å². The van der Waals surface area contributed by atoms with Gasteiger partial charge >= 0.3 is 6.09 Å². The second kappa shape index (κ2) is 13.4. The molecule has 0 saturated carbocycles. The van der Waals surface area contributed by atoms with Gasteiger partial charge in [0.2, 0.25) is 5.91 Å². The van der Waals surface area contributed by atoms with Crippen molar-refractivity contribution in [3.05, 3.63) is 130 Å². The number of nitrogens with two attached hydrogens (primary N) is 1. The third kappa shape index (κ3) is 7.09. The zero-order chi connectivity index (χ0) is 28.1. The number of halogens is 3. The molecule has 0 saturated heterocycles. The summed E-state index contributed by atoms with van der Waals surface area (Å²) in [5.41, 5.74) is 12.7. The molecule has 1 unspecified atom stereocenters. The summed E-state index contributed by atoms with van der Waals surface area (Å²) in [5.74, 6) is -2.32. The van der Waals surface area contributed by atoms with Crippen molar-refractivity contribution < 1.29 is 23.1 Å². The number of alkyl carbamates (subject to hydrolysis) is 1. The first-order valence-electron chi connectivity index (χ1n) is 13.0. The van der Waals surface area contributed by atoms with Crippen LogP contribution in [0.5, 0.6) is 0 Å². The molecular formula is C32H30ClF2N3O3. The lowest BCUT2D eigenvalue weighted by Gasteiger charge is -2.15. The Bertz CT molecular complexity index is 1490. The summed E-state index contributed by atoms with van der Waals surface area (Å²) in [5, 5.41) is 5.54. The van der Waals surface area contributed by atoms with Gasteiger partial charge in [-0.2, -0.15) is 0 Å². The molecule has 0 aromatic heterocycles. The highest BCUT2D eigenvalue weighted by Crippen LogP contribution is 2.44. The van der Waals surface area contributed by atoms with Crippen LogP contribution in [0.4, 0.5) is 13.6 Å². The lowest BCUT2D eigenvalue weighted by molar-refractivity contribution is -0.122. The molecule has 1 aliphatic rings. The van der Waals surface area contributed by atoms with Crippen LogP contribution in [0.15, 0.2) is 91.0 Å². The topological polar surface area (TPSA) is 93.5 Å². The van der Waals surface area contributed by atoms with Gasteiger partial charge in [-0.1, -0.05) is 78.9 Å².